The van der Waals surface area contributed by atoms with Crippen LogP contribution in [0.2, 0.25) is 0 Å². The van der Waals surface area contributed by atoms with Gasteiger partial charge in [0.25, 0.3) is 5.56 Å². The Kier molecular flexibility index (Phi) is 6.88. The van der Waals surface area contributed by atoms with Gasteiger partial charge in [0, 0.05) is 12.2 Å². The topological polar surface area (TPSA) is 113 Å². The number of nitrogen functional groups attached to an aromatic ring is 1. The summed E-state index contributed by atoms with van der Waals surface area (Å²) in [6, 6.07) is 27.8. The molecule has 0 spiro atoms. The Hall–Kier alpha value is -4.59. The average molecular weight is 456 g/mol. The lowest BCUT2D eigenvalue weighted by Gasteiger charge is -2.26. The van der Waals surface area contributed by atoms with Gasteiger partial charge in [0.2, 0.25) is 5.91 Å². The van der Waals surface area contributed by atoms with Crippen molar-refractivity contribution in [2.24, 2.45) is 0 Å². The number of aromatic nitrogens is 2. The number of anilines is 3. The first-order valence-electron chi connectivity index (χ1n) is 10.8. The molecule has 4 rings (SSSR count). The smallest absolute Gasteiger partial charge is 0.330 e. The second kappa shape index (κ2) is 10.4. The quantitative estimate of drug-likeness (QED) is 0.378. The third-order valence-electron chi connectivity index (χ3n) is 5.32. The van der Waals surface area contributed by atoms with E-state index in [-0.39, 0.29) is 37.0 Å². The Morgan fingerprint density at radius 2 is 1.41 bits per heavy atom. The number of H-pyrrole nitrogens is 1. The summed E-state index contributed by atoms with van der Waals surface area (Å²) in [6.07, 6.45) is 0. The molecule has 0 radical (unpaired) electrons. The summed E-state index contributed by atoms with van der Waals surface area (Å²) >= 11 is 0. The van der Waals surface area contributed by atoms with Crippen molar-refractivity contribution >= 4 is 23.1 Å². The first-order chi connectivity index (χ1) is 16.5. The van der Waals surface area contributed by atoms with Gasteiger partial charge in [0.15, 0.2) is 0 Å². The van der Waals surface area contributed by atoms with Crippen molar-refractivity contribution in [1.82, 2.24) is 9.55 Å². The minimum atomic E-state index is -0.643. The molecule has 0 saturated heterocycles. The molecule has 1 heterocycles. The number of benzene rings is 3. The minimum Gasteiger partial charge on any atom is -0.383 e. The highest BCUT2D eigenvalue weighted by atomic mass is 16.2. The minimum absolute atomic E-state index is 0.000968. The second-order valence-electron chi connectivity index (χ2n) is 7.82. The Labute approximate surface area is 196 Å². The molecule has 0 aliphatic rings. The van der Waals surface area contributed by atoms with Crippen LogP contribution in [0.1, 0.15) is 11.1 Å². The summed E-state index contributed by atoms with van der Waals surface area (Å²) in [5, 5.41) is 2.83. The van der Waals surface area contributed by atoms with E-state index in [1.165, 1.54) is 4.57 Å². The third kappa shape index (κ3) is 5.42. The average Bonchev–Trinajstić information content (AvgIpc) is 2.83. The van der Waals surface area contributed by atoms with E-state index in [1.54, 1.807) is 17.0 Å². The van der Waals surface area contributed by atoms with E-state index >= 15 is 0 Å². The van der Waals surface area contributed by atoms with Gasteiger partial charge in [-0.15, -0.1) is 0 Å². The van der Waals surface area contributed by atoms with Gasteiger partial charge >= 0.3 is 5.69 Å². The molecule has 172 valence electrons. The maximum absolute atomic E-state index is 12.9. The van der Waals surface area contributed by atoms with E-state index in [0.29, 0.717) is 5.69 Å². The van der Waals surface area contributed by atoms with Crippen LogP contribution in [0.15, 0.2) is 101 Å². The van der Waals surface area contributed by atoms with Crippen LogP contribution in [-0.4, -0.2) is 22.0 Å². The Balaban J connectivity index is 1.71. The summed E-state index contributed by atoms with van der Waals surface area (Å²) in [7, 11) is 0. The predicted octanol–water partition coefficient (Wildman–Crippen LogP) is 2.81. The lowest BCUT2D eigenvalue weighted by molar-refractivity contribution is -0.115. The van der Waals surface area contributed by atoms with Crippen molar-refractivity contribution in [3.63, 3.8) is 0 Å². The summed E-state index contributed by atoms with van der Waals surface area (Å²) in [5.74, 6) is -0.317. The monoisotopic (exact) mass is 455 g/mol. The van der Waals surface area contributed by atoms with Crippen LogP contribution < -0.4 is 27.2 Å². The van der Waals surface area contributed by atoms with Crippen LogP contribution in [0.5, 0.6) is 0 Å². The molecule has 0 atom stereocenters. The summed E-state index contributed by atoms with van der Waals surface area (Å²) in [5.41, 5.74) is 7.58. The van der Waals surface area contributed by atoms with Crippen LogP contribution in [0.25, 0.3) is 0 Å². The summed E-state index contributed by atoms with van der Waals surface area (Å²) in [4.78, 5) is 42.3. The van der Waals surface area contributed by atoms with Gasteiger partial charge in [0.05, 0.1) is 13.1 Å². The zero-order chi connectivity index (χ0) is 23.9. The number of nitrogens with one attached hydrogen (secondary N) is 2. The molecular weight excluding hydrogens is 430 g/mol. The van der Waals surface area contributed by atoms with E-state index in [2.05, 4.69) is 10.3 Å². The number of amides is 1. The van der Waals surface area contributed by atoms with Crippen LogP contribution in [-0.2, 0) is 17.9 Å². The lowest BCUT2D eigenvalue weighted by Crippen LogP contribution is -2.41. The van der Waals surface area contributed by atoms with Crippen molar-refractivity contribution in [2.45, 2.75) is 13.1 Å². The maximum Gasteiger partial charge on any atom is 0.330 e. The largest absolute Gasteiger partial charge is 0.383 e. The standard InChI is InChI=1S/C26H25N5O3/c27-24-23(25(33)29-26(34)31(24)17-20-12-6-2-7-13-20)30(16-19-10-4-1-5-11-19)18-22(32)28-21-14-8-3-9-15-21/h1-15H,16-18,27H2,(H,28,32)(H,29,33,34). The van der Waals surface area contributed by atoms with Gasteiger partial charge in [0.1, 0.15) is 11.5 Å². The third-order valence-corrected chi connectivity index (χ3v) is 5.32. The fourth-order valence-electron chi connectivity index (χ4n) is 3.72. The van der Waals surface area contributed by atoms with Gasteiger partial charge in [-0.1, -0.05) is 78.9 Å². The molecule has 8 nitrogen and oxygen atoms in total. The van der Waals surface area contributed by atoms with Crippen LogP contribution in [0.3, 0.4) is 0 Å². The number of hydrogen-bond acceptors (Lipinski definition) is 5. The molecule has 0 aliphatic carbocycles. The van der Waals surface area contributed by atoms with Crippen molar-refractivity contribution in [1.29, 1.82) is 0 Å². The Morgan fingerprint density at radius 1 is 0.853 bits per heavy atom. The number of nitrogens with two attached hydrogens (primary N) is 1. The number of rotatable bonds is 8. The van der Waals surface area contributed by atoms with E-state index in [0.717, 1.165) is 11.1 Å². The van der Waals surface area contributed by atoms with Crippen molar-refractivity contribution in [2.75, 3.05) is 22.5 Å². The molecule has 1 aromatic heterocycles. The molecule has 4 N–H and O–H groups in total. The normalized spacial score (nSPS) is 10.6. The van der Waals surface area contributed by atoms with Crippen LogP contribution >= 0.6 is 0 Å². The molecule has 0 aliphatic heterocycles. The van der Waals surface area contributed by atoms with Crippen molar-refractivity contribution in [3.05, 3.63) is 123 Å². The molecule has 1 amide bonds. The van der Waals surface area contributed by atoms with Gasteiger partial charge in [-0.25, -0.2) is 4.79 Å². The van der Waals surface area contributed by atoms with Gasteiger partial charge in [-0.2, -0.15) is 0 Å². The highest BCUT2D eigenvalue weighted by molar-refractivity contribution is 5.94. The highest BCUT2D eigenvalue weighted by Crippen LogP contribution is 2.20. The first kappa shape index (κ1) is 22.6. The van der Waals surface area contributed by atoms with E-state index in [9.17, 15) is 14.4 Å². The first-order valence-corrected chi connectivity index (χ1v) is 10.8. The number of para-hydroxylation sites is 1. The van der Waals surface area contributed by atoms with Gasteiger partial charge < -0.3 is 16.0 Å². The maximum atomic E-state index is 12.9. The van der Waals surface area contributed by atoms with Gasteiger partial charge in [-0.3, -0.25) is 19.1 Å². The Bertz CT molecular complexity index is 1370. The zero-order valence-corrected chi connectivity index (χ0v) is 18.5. The van der Waals surface area contributed by atoms with Crippen LogP contribution in [0, 0.1) is 0 Å². The zero-order valence-electron chi connectivity index (χ0n) is 18.5. The van der Waals surface area contributed by atoms with Crippen molar-refractivity contribution < 1.29 is 4.79 Å². The molecule has 0 bridgehead atoms. The number of carbonyl (C=O) groups excluding carboxylic acids is 1. The van der Waals surface area contributed by atoms with Gasteiger partial charge in [-0.05, 0) is 23.3 Å². The highest BCUT2D eigenvalue weighted by Gasteiger charge is 2.22. The fraction of sp³-hybridized carbons (Fsp3) is 0.115. The lowest BCUT2D eigenvalue weighted by atomic mass is 10.2. The number of aromatic amines is 1. The summed E-state index contributed by atoms with van der Waals surface area (Å²) < 4.78 is 1.30. The molecule has 4 aromatic rings. The molecule has 34 heavy (non-hydrogen) atoms. The summed E-state index contributed by atoms with van der Waals surface area (Å²) in [6.45, 7) is 0.297. The number of hydrogen-bond donors (Lipinski definition) is 3. The van der Waals surface area contributed by atoms with E-state index < -0.39 is 11.2 Å². The molecule has 0 fully saturated rings. The predicted molar refractivity (Wildman–Crippen MR) is 134 cm³/mol. The second-order valence-corrected chi connectivity index (χ2v) is 7.82. The molecular formula is C26H25N5O3. The fourth-order valence-corrected chi connectivity index (χ4v) is 3.72. The number of nitrogens with zero attached hydrogens (tertiary/aromatic N) is 2. The molecule has 0 unspecified atom stereocenters. The molecule has 0 saturated carbocycles. The van der Waals surface area contributed by atoms with Crippen molar-refractivity contribution in [3.8, 4) is 0 Å². The molecule has 8 heteroatoms. The van der Waals surface area contributed by atoms with Crippen LogP contribution in [0.4, 0.5) is 17.2 Å². The van der Waals surface area contributed by atoms with E-state index in [1.807, 2.05) is 78.9 Å². The SMILES string of the molecule is Nc1c(N(CC(=O)Nc2ccccc2)Cc2ccccc2)c(=O)[nH]c(=O)n1Cc1ccccc1. The number of carbonyl (C=O) groups is 1. The van der Waals surface area contributed by atoms with E-state index in [4.69, 9.17) is 5.73 Å². The Morgan fingerprint density at radius 3 is 2.03 bits per heavy atom. The molecule has 3 aromatic carbocycles.